The number of hydrogen-bond donors (Lipinski definition) is 2. The molecule has 0 aromatic heterocycles. The van der Waals surface area contributed by atoms with Crippen LogP contribution in [0.15, 0.2) is 48.5 Å². The van der Waals surface area contributed by atoms with Crippen molar-refractivity contribution in [2.24, 2.45) is 0 Å². The number of benzene rings is 2. The van der Waals surface area contributed by atoms with E-state index >= 15 is 0 Å². The molecule has 0 aliphatic heterocycles. The summed E-state index contributed by atoms with van der Waals surface area (Å²) >= 11 is 0. The number of rotatable bonds is 5. The van der Waals surface area contributed by atoms with Crippen LogP contribution >= 0.6 is 0 Å². The zero-order chi connectivity index (χ0) is 16.8. The van der Waals surface area contributed by atoms with Gasteiger partial charge in [0.25, 0.3) is 11.8 Å². The number of anilines is 1. The first-order valence-corrected chi connectivity index (χ1v) is 7.48. The number of hydrogen-bond acceptors (Lipinski definition) is 2. The largest absolute Gasteiger partial charge is 0.350 e. The van der Waals surface area contributed by atoms with Crippen LogP contribution in [0.25, 0.3) is 0 Å². The molecule has 120 valence electrons. The number of nitrogens with one attached hydrogen (secondary N) is 2. The first kappa shape index (κ1) is 16.7. The second kappa shape index (κ2) is 7.54. The fourth-order valence-electron chi connectivity index (χ4n) is 1.97. The SMILES string of the molecule is CCC(C)NC(=O)c1cccc(C(=O)Nc2ccccc2F)c1. The van der Waals surface area contributed by atoms with Crippen molar-refractivity contribution >= 4 is 17.5 Å². The smallest absolute Gasteiger partial charge is 0.255 e. The summed E-state index contributed by atoms with van der Waals surface area (Å²) in [6, 6.07) is 12.3. The van der Waals surface area contributed by atoms with E-state index in [1.54, 1.807) is 30.3 Å². The Labute approximate surface area is 134 Å². The van der Waals surface area contributed by atoms with E-state index in [9.17, 15) is 14.0 Å². The van der Waals surface area contributed by atoms with Crippen molar-refractivity contribution in [2.75, 3.05) is 5.32 Å². The fourth-order valence-corrected chi connectivity index (χ4v) is 1.97. The van der Waals surface area contributed by atoms with E-state index < -0.39 is 11.7 Å². The molecule has 2 aromatic rings. The Morgan fingerprint density at radius 2 is 1.70 bits per heavy atom. The molecule has 0 aliphatic carbocycles. The van der Waals surface area contributed by atoms with Crippen molar-refractivity contribution in [3.8, 4) is 0 Å². The van der Waals surface area contributed by atoms with Gasteiger partial charge in [0, 0.05) is 17.2 Å². The summed E-state index contributed by atoms with van der Waals surface area (Å²) < 4.78 is 13.6. The van der Waals surface area contributed by atoms with Crippen LogP contribution in [0.4, 0.5) is 10.1 Å². The first-order chi connectivity index (χ1) is 11.0. The van der Waals surface area contributed by atoms with Gasteiger partial charge in [-0.05, 0) is 43.7 Å². The molecule has 0 heterocycles. The van der Waals surface area contributed by atoms with Crippen molar-refractivity contribution in [1.82, 2.24) is 5.32 Å². The van der Waals surface area contributed by atoms with Gasteiger partial charge in [0.15, 0.2) is 0 Å². The van der Waals surface area contributed by atoms with Gasteiger partial charge in [0.2, 0.25) is 0 Å². The van der Waals surface area contributed by atoms with E-state index in [1.807, 2.05) is 13.8 Å². The van der Waals surface area contributed by atoms with Gasteiger partial charge >= 0.3 is 0 Å². The zero-order valence-corrected chi connectivity index (χ0v) is 13.1. The molecule has 2 amide bonds. The van der Waals surface area contributed by atoms with E-state index in [1.165, 1.54) is 18.2 Å². The van der Waals surface area contributed by atoms with E-state index in [0.717, 1.165) is 6.42 Å². The molecule has 0 radical (unpaired) electrons. The predicted molar refractivity (Wildman–Crippen MR) is 88.0 cm³/mol. The highest BCUT2D eigenvalue weighted by molar-refractivity contribution is 6.06. The minimum Gasteiger partial charge on any atom is -0.350 e. The average molecular weight is 314 g/mol. The van der Waals surface area contributed by atoms with Crippen molar-refractivity contribution in [1.29, 1.82) is 0 Å². The molecule has 1 unspecified atom stereocenters. The van der Waals surface area contributed by atoms with Crippen LogP contribution in [-0.2, 0) is 0 Å². The quantitative estimate of drug-likeness (QED) is 0.886. The van der Waals surface area contributed by atoms with Gasteiger partial charge in [0.1, 0.15) is 5.82 Å². The molecular weight excluding hydrogens is 295 g/mol. The Bertz CT molecular complexity index is 716. The molecule has 4 nitrogen and oxygen atoms in total. The summed E-state index contributed by atoms with van der Waals surface area (Å²) in [5, 5.41) is 5.34. The number of amides is 2. The molecule has 0 spiro atoms. The first-order valence-electron chi connectivity index (χ1n) is 7.48. The molecule has 0 aliphatic rings. The molecule has 2 N–H and O–H groups in total. The van der Waals surface area contributed by atoms with Gasteiger partial charge in [-0.2, -0.15) is 0 Å². The lowest BCUT2D eigenvalue weighted by molar-refractivity contribution is 0.0939. The Morgan fingerprint density at radius 1 is 1.04 bits per heavy atom. The van der Waals surface area contributed by atoms with Gasteiger partial charge < -0.3 is 10.6 Å². The summed E-state index contributed by atoms with van der Waals surface area (Å²) in [6.07, 6.45) is 0.819. The fraction of sp³-hybridized carbons (Fsp3) is 0.222. The van der Waals surface area contributed by atoms with Crippen molar-refractivity contribution in [2.45, 2.75) is 26.3 Å². The van der Waals surface area contributed by atoms with Gasteiger partial charge in [-0.15, -0.1) is 0 Å². The Balaban J connectivity index is 2.14. The van der Waals surface area contributed by atoms with Crippen LogP contribution in [-0.4, -0.2) is 17.9 Å². The topological polar surface area (TPSA) is 58.2 Å². The lowest BCUT2D eigenvalue weighted by Crippen LogP contribution is -2.32. The second-order valence-electron chi connectivity index (χ2n) is 5.30. The maximum absolute atomic E-state index is 13.6. The molecular formula is C18H19FN2O2. The van der Waals surface area contributed by atoms with Crippen molar-refractivity contribution in [3.05, 3.63) is 65.5 Å². The van der Waals surface area contributed by atoms with Crippen molar-refractivity contribution in [3.63, 3.8) is 0 Å². The molecule has 2 aromatic carbocycles. The monoisotopic (exact) mass is 314 g/mol. The third-order valence-electron chi connectivity index (χ3n) is 3.50. The summed E-state index contributed by atoms with van der Waals surface area (Å²) in [5.41, 5.74) is 0.795. The summed E-state index contributed by atoms with van der Waals surface area (Å²) in [5.74, 6) is -1.21. The van der Waals surface area contributed by atoms with E-state index in [4.69, 9.17) is 0 Å². The molecule has 1 atom stereocenters. The van der Waals surface area contributed by atoms with Crippen LogP contribution in [0, 0.1) is 5.82 Å². The minimum absolute atomic E-state index is 0.0541. The van der Waals surface area contributed by atoms with Gasteiger partial charge in [-0.1, -0.05) is 25.1 Å². The highest BCUT2D eigenvalue weighted by atomic mass is 19.1. The number of carbonyl (C=O) groups is 2. The normalized spacial score (nSPS) is 11.6. The molecule has 0 saturated heterocycles. The Kier molecular flexibility index (Phi) is 5.46. The molecule has 2 rings (SSSR count). The van der Waals surface area contributed by atoms with Crippen LogP contribution < -0.4 is 10.6 Å². The zero-order valence-electron chi connectivity index (χ0n) is 13.1. The number of para-hydroxylation sites is 1. The molecule has 0 saturated carbocycles. The van der Waals surface area contributed by atoms with E-state index in [0.29, 0.717) is 11.1 Å². The molecule has 5 heteroatoms. The maximum atomic E-state index is 13.6. The van der Waals surface area contributed by atoms with Crippen LogP contribution in [0.2, 0.25) is 0 Å². The highest BCUT2D eigenvalue weighted by Gasteiger charge is 2.13. The van der Waals surface area contributed by atoms with Gasteiger partial charge in [-0.3, -0.25) is 9.59 Å². The lowest BCUT2D eigenvalue weighted by atomic mass is 10.1. The lowest BCUT2D eigenvalue weighted by Gasteiger charge is -2.12. The van der Waals surface area contributed by atoms with Crippen LogP contribution in [0.1, 0.15) is 41.0 Å². The van der Waals surface area contributed by atoms with Crippen LogP contribution in [0.5, 0.6) is 0 Å². The third kappa shape index (κ3) is 4.39. The maximum Gasteiger partial charge on any atom is 0.255 e. The molecule has 23 heavy (non-hydrogen) atoms. The van der Waals surface area contributed by atoms with Crippen molar-refractivity contribution < 1.29 is 14.0 Å². The van der Waals surface area contributed by atoms with Gasteiger partial charge in [0.05, 0.1) is 5.69 Å². The highest BCUT2D eigenvalue weighted by Crippen LogP contribution is 2.14. The molecule has 0 bridgehead atoms. The standard InChI is InChI=1S/C18H19FN2O2/c1-3-12(2)20-17(22)13-7-6-8-14(11-13)18(23)21-16-10-5-4-9-15(16)19/h4-12H,3H2,1-2H3,(H,20,22)(H,21,23). The summed E-state index contributed by atoms with van der Waals surface area (Å²) in [7, 11) is 0. The number of halogens is 1. The van der Waals surface area contributed by atoms with E-state index in [-0.39, 0.29) is 17.6 Å². The Hall–Kier alpha value is -2.69. The molecule has 0 fully saturated rings. The third-order valence-corrected chi connectivity index (χ3v) is 3.50. The minimum atomic E-state index is -0.508. The predicted octanol–water partition coefficient (Wildman–Crippen LogP) is 3.61. The van der Waals surface area contributed by atoms with Crippen LogP contribution in [0.3, 0.4) is 0 Å². The van der Waals surface area contributed by atoms with E-state index in [2.05, 4.69) is 10.6 Å². The average Bonchev–Trinajstić information content (AvgIpc) is 2.56. The van der Waals surface area contributed by atoms with Gasteiger partial charge in [-0.25, -0.2) is 4.39 Å². The summed E-state index contributed by atoms with van der Waals surface area (Å²) in [6.45, 7) is 3.88. The number of carbonyl (C=O) groups excluding carboxylic acids is 2. The Morgan fingerprint density at radius 3 is 2.35 bits per heavy atom. The second-order valence-corrected chi connectivity index (χ2v) is 5.30. The summed E-state index contributed by atoms with van der Waals surface area (Å²) in [4.78, 5) is 24.3.